The van der Waals surface area contributed by atoms with E-state index in [4.69, 9.17) is 0 Å². The molecule has 0 aromatic heterocycles. The highest BCUT2D eigenvalue weighted by molar-refractivity contribution is 9.10. The fraction of sp³-hybridized carbons (Fsp3) is 0.533. The fourth-order valence-electron chi connectivity index (χ4n) is 2.43. The number of hydrogen-bond acceptors (Lipinski definition) is 2. The molecule has 0 unspecified atom stereocenters. The fourth-order valence-corrected chi connectivity index (χ4v) is 2.85. The van der Waals surface area contributed by atoms with Gasteiger partial charge in [-0.3, -0.25) is 4.79 Å². The SMILES string of the molecule is Cl.O=C(CCC1CCNCC1)NCc1ccccc1Br. The van der Waals surface area contributed by atoms with Gasteiger partial charge in [-0.05, 0) is 49.9 Å². The van der Waals surface area contributed by atoms with Crippen molar-refractivity contribution in [3.8, 4) is 0 Å². The molecular weight excluding hydrogens is 340 g/mol. The van der Waals surface area contributed by atoms with Gasteiger partial charge in [-0.1, -0.05) is 34.1 Å². The van der Waals surface area contributed by atoms with Crippen LogP contribution in [0, 0.1) is 5.92 Å². The standard InChI is InChI=1S/C15H21BrN2O.ClH/c16-14-4-2-1-3-13(14)11-18-15(19)6-5-12-7-9-17-10-8-12;/h1-4,12,17H,5-11H2,(H,18,19);1H. The van der Waals surface area contributed by atoms with E-state index in [0.29, 0.717) is 13.0 Å². The van der Waals surface area contributed by atoms with Crippen LogP contribution in [0.4, 0.5) is 0 Å². The van der Waals surface area contributed by atoms with Gasteiger partial charge in [0.15, 0.2) is 0 Å². The Morgan fingerprint density at radius 2 is 2.00 bits per heavy atom. The third-order valence-corrected chi connectivity index (χ3v) is 4.45. The lowest BCUT2D eigenvalue weighted by Gasteiger charge is -2.22. The molecular formula is C15H22BrClN2O. The van der Waals surface area contributed by atoms with Crippen molar-refractivity contribution in [1.29, 1.82) is 0 Å². The molecule has 0 radical (unpaired) electrons. The second-order valence-electron chi connectivity index (χ2n) is 5.10. The molecule has 1 saturated heterocycles. The van der Waals surface area contributed by atoms with Gasteiger partial charge in [-0.15, -0.1) is 12.4 Å². The Labute approximate surface area is 135 Å². The molecule has 1 fully saturated rings. The summed E-state index contributed by atoms with van der Waals surface area (Å²) in [5, 5.41) is 6.34. The highest BCUT2D eigenvalue weighted by Crippen LogP contribution is 2.18. The van der Waals surface area contributed by atoms with Crippen LogP contribution in [0.15, 0.2) is 28.7 Å². The normalized spacial score (nSPS) is 15.4. The first kappa shape index (κ1) is 17.5. The molecule has 5 heteroatoms. The number of carbonyl (C=O) groups is 1. The number of rotatable bonds is 5. The molecule has 0 saturated carbocycles. The molecule has 1 aromatic carbocycles. The average molecular weight is 362 g/mol. The summed E-state index contributed by atoms with van der Waals surface area (Å²) in [6.45, 7) is 2.80. The Morgan fingerprint density at radius 1 is 1.30 bits per heavy atom. The van der Waals surface area contributed by atoms with Crippen molar-refractivity contribution >= 4 is 34.2 Å². The molecule has 1 heterocycles. The van der Waals surface area contributed by atoms with E-state index in [-0.39, 0.29) is 18.3 Å². The zero-order valence-electron chi connectivity index (χ0n) is 11.5. The van der Waals surface area contributed by atoms with E-state index in [2.05, 4.69) is 26.6 Å². The zero-order chi connectivity index (χ0) is 13.5. The molecule has 1 aliphatic rings. The van der Waals surface area contributed by atoms with Gasteiger partial charge in [-0.25, -0.2) is 0 Å². The molecule has 0 spiro atoms. The monoisotopic (exact) mass is 360 g/mol. The lowest BCUT2D eigenvalue weighted by molar-refractivity contribution is -0.121. The van der Waals surface area contributed by atoms with Crippen LogP contribution in [0.3, 0.4) is 0 Å². The Kier molecular flexibility index (Phi) is 8.19. The Hall–Kier alpha value is -0.580. The highest BCUT2D eigenvalue weighted by atomic mass is 79.9. The summed E-state index contributed by atoms with van der Waals surface area (Å²) in [4.78, 5) is 11.8. The summed E-state index contributed by atoms with van der Waals surface area (Å²) in [5.41, 5.74) is 1.12. The van der Waals surface area contributed by atoms with Crippen molar-refractivity contribution in [2.45, 2.75) is 32.2 Å². The van der Waals surface area contributed by atoms with Gasteiger partial charge in [0.25, 0.3) is 0 Å². The first-order valence-corrected chi connectivity index (χ1v) is 7.76. The minimum absolute atomic E-state index is 0. The van der Waals surface area contributed by atoms with Crippen molar-refractivity contribution in [3.63, 3.8) is 0 Å². The second kappa shape index (κ2) is 9.37. The molecule has 112 valence electrons. The summed E-state index contributed by atoms with van der Waals surface area (Å²) in [6.07, 6.45) is 4.08. The van der Waals surface area contributed by atoms with Crippen LogP contribution in [0.25, 0.3) is 0 Å². The van der Waals surface area contributed by atoms with Gasteiger partial charge in [-0.2, -0.15) is 0 Å². The number of carbonyl (C=O) groups excluding carboxylic acids is 1. The van der Waals surface area contributed by atoms with Crippen LogP contribution in [-0.2, 0) is 11.3 Å². The van der Waals surface area contributed by atoms with E-state index in [9.17, 15) is 4.79 Å². The summed E-state index contributed by atoms with van der Waals surface area (Å²) in [7, 11) is 0. The predicted octanol–water partition coefficient (Wildman–Crippen LogP) is 3.27. The van der Waals surface area contributed by atoms with E-state index in [0.717, 1.165) is 35.5 Å². The molecule has 1 aromatic rings. The number of nitrogens with one attached hydrogen (secondary N) is 2. The Morgan fingerprint density at radius 3 is 2.70 bits per heavy atom. The highest BCUT2D eigenvalue weighted by Gasteiger charge is 2.14. The van der Waals surface area contributed by atoms with Crippen LogP contribution in [0.5, 0.6) is 0 Å². The minimum Gasteiger partial charge on any atom is -0.352 e. The number of hydrogen-bond donors (Lipinski definition) is 2. The molecule has 0 aliphatic carbocycles. The molecule has 0 atom stereocenters. The number of piperidine rings is 1. The Bertz CT molecular complexity index is 422. The van der Waals surface area contributed by atoms with Crippen molar-refractivity contribution in [2.24, 2.45) is 5.92 Å². The number of amides is 1. The van der Waals surface area contributed by atoms with Gasteiger partial charge in [0, 0.05) is 17.4 Å². The average Bonchev–Trinajstić information content (AvgIpc) is 2.45. The van der Waals surface area contributed by atoms with Crippen molar-refractivity contribution in [1.82, 2.24) is 10.6 Å². The van der Waals surface area contributed by atoms with Crippen LogP contribution < -0.4 is 10.6 Å². The van der Waals surface area contributed by atoms with Gasteiger partial charge in [0.05, 0.1) is 0 Å². The zero-order valence-corrected chi connectivity index (χ0v) is 13.9. The van der Waals surface area contributed by atoms with Crippen molar-refractivity contribution in [3.05, 3.63) is 34.3 Å². The maximum Gasteiger partial charge on any atom is 0.220 e. The lowest BCUT2D eigenvalue weighted by atomic mass is 9.93. The number of benzene rings is 1. The molecule has 0 bridgehead atoms. The van der Waals surface area contributed by atoms with Gasteiger partial charge >= 0.3 is 0 Å². The summed E-state index contributed by atoms with van der Waals surface area (Å²) in [5.74, 6) is 0.879. The molecule has 1 aliphatic heterocycles. The van der Waals surface area contributed by atoms with Gasteiger partial charge in [0.2, 0.25) is 5.91 Å². The third kappa shape index (κ3) is 5.81. The second-order valence-corrected chi connectivity index (χ2v) is 5.95. The van der Waals surface area contributed by atoms with Crippen molar-refractivity contribution in [2.75, 3.05) is 13.1 Å². The largest absolute Gasteiger partial charge is 0.352 e. The first-order chi connectivity index (χ1) is 9.25. The van der Waals surface area contributed by atoms with E-state index >= 15 is 0 Å². The summed E-state index contributed by atoms with van der Waals surface area (Å²) in [6, 6.07) is 7.99. The van der Waals surface area contributed by atoms with Gasteiger partial charge < -0.3 is 10.6 Å². The molecule has 1 amide bonds. The first-order valence-electron chi connectivity index (χ1n) is 6.96. The van der Waals surface area contributed by atoms with Crippen LogP contribution >= 0.6 is 28.3 Å². The maximum atomic E-state index is 11.8. The van der Waals surface area contributed by atoms with E-state index < -0.39 is 0 Å². The minimum atomic E-state index is 0. The van der Waals surface area contributed by atoms with Crippen LogP contribution in [0.2, 0.25) is 0 Å². The predicted molar refractivity (Wildman–Crippen MR) is 88.1 cm³/mol. The topological polar surface area (TPSA) is 41.1 Å². The molecule has 2 N–H and O–H groups in total. The quantitative estimate of drug-likeness (QED) is 0.845. The van der Waals surface area contributed by atoms with E-state index in [1.54, 1.807) is 0 Å². The van der Waals surface area contributed by atoms with E-state index in [1.807, 2.05) is 24.3 Å². The van der Waals surface area contributed by atoms with E-state index in [1.165, 1.54) is 12.8 Å². The smallest absolute Gasteiger partial charge is 0.220 e. The van der Waals surface area contributed by atoms with Gasteiger partial charge in [0.1, 0.15) is 0 Å². The summed E-state index contributed by atoms with van der Waals surface area (Å²) >= 11 is 3.49. The number of halogens is 2. The van der Waals surface area contributed by atoms with Crippen LogP contribution in [0.1, 0.15) is 31.2 Å². The molecule has 20 heavy (non-hydrogen) atoms. The van der Waals surface area contributed by atoms with Crippen molar-refractivity contribution < 1.29 is 4.79 Å². The summed E-state index contributed by atoms with van der Waals surface area (Å²) < 4.78 is 1.05. The maximum absolute atomic E-state index is 11.8. The Balaban J connectivity index is 0.00000200. The third-order valence-electron chi connectivity index (χ3n) is 3.67. The van der Waals surface area contributed by atoms with Crippen LogP contribution in [-0.4, -0.2) is 19.0 Å². The molecule has 3 nitrogen and oxygen atoms in total. The lowest BCUT2D eigenvalue weighted by Crippen LogP contribution is -2.29. The molecule has 2 rings (SSSR count).